The predicted molar refractivity (Wildman–Crippen MR) is 67.1 cm³/mol. The predicted octanol–water partition coefficient (Wildman–Crippen LogP) is 3.28. The smallest absolute Gasteiger partial charge is 0.216 e. The van der Waals surface area contributed by atoms with E-state index in [4.69, 9.17) is 16.3 Å². The Balaban J connectivity index is 2.53. The summed E-state index contributed by atoms with van der Waals surface area (Å²) in [4.78, 5) is 0. The average molecular weight is 245 g/mol. The molecule has 92 valence electrons. The Morgan fingerprint density at radius 2 is 2.12 bits per heavy atom. The third kappa shape index (κ3) is 3.41. The molecule has 1 rings (SSSR count). The van der Waals surface area contributed by atoms with Gasteiger partial charge in [-0.15, -0.1) is 11.6 Å². The molecular weight excluding hydrogens is 224 g/mol. The van der Waals surface area contributed by atoms with Crippen molar-refractivity contribution in [1.82, 2.24) is 9.78 Å². The third-order valence-electron chi connectivity index (χ3n) is 2.59. The maximum atomic E-state index is 5.88. The standard InChI is InChI=1S/C12H21ClN2O/c1-9(2)6-5-7-16-12-11(8-13)10(3)14-15(12)4/h9H,5-8H2,1-4H3. The molecule has 0 amide bonds. The summed E-state index contributed by atoms with van der Waals surface area (Å²) in [5.41, 5.74) is 1.96. The first kappa shape index (κ1) is 13.4. The number of hydrogen-bond acceptors (Lipinski definition) is 2. The Labute approximate surface area is 103 Å². The van der Waals surface area contributed by atoms with Crippen LogP contribution in [0.25, 0.3) is 0 Å². The fourth-order valence-corrected chi connectivity index (χ4v) is 1.98. The van der Waals surface area contributed by atoms with E-state index in [-0.39, 0.29) is 0 Å². The molecule has 0 unspecified atom stereocenters. The van der Waals surface area contributed by atoms with Gasteiger partial charge in [0.25, 0.3) is 0 Å². The van der Waals surface area contributed by atoms with Gasteiger partial charge < -0.3 is 4.74 Å². The molecule has 0 aliphatic heterocycles. The molecule has 1 aromatic rings. The summed E-state index contributed by atoms with van der Waals surface area (Å²) >= 11 is 5.88. The molecule has 3 nitrogen and oxygen atoms in total. The van der Waals surface area contributed by atoms with Gasteiger partial charge in [-0.05, 0) is 25.7 Å². The van der Waals surface area contributed by atoms with Crippen molar-refractivity contribution in [3.05, 3.63) is 11.3 Å². The maximum Gasteiger partial charge on any atom is 0.216 e. The lowest BCUT2D eigenvalue weighted by Crippen LogP contribution is -2.04. The summed E-state index contributed by atoms with van der Waals surface area (Å²) < 4.78 is 7.51. The molecule has 0 atom stereocenters. The minimum absolute atomic E-state index is 0.458. The van der Waals surface area contributed by atoms with Gasteiger partial charge in [0.15, 0.2) is 0 Å². The summed E-state index contributed by atoms with van der Waals surface area (Å²) in [6.07, 6.45) is 2.26. The molecule has 0 fully saturated rings. The van der Waals surface area contributed by atoms with Gasteiger partial charge in [0.2, 0.25) is 5.88 Å². The Morgan fingerprint density at radius 3 is 2.69 bits per heavy atom. The molecule has 0 N–H and O–H groups in total. The van der Waals surface area contributed by atoms with Crippen LogP contribution in [0.1, 0.15) is 37.9 Å². The minimum atomic E-state index is 0.458. The Kier molecular flexibility index (Phi) is 5.13. The van der Waals surface area contributed by atoms with E-state index in [2.05, 4.69) is 18.9 Å². The first-order chi connectivity index (χ1) is 7.56. The number of halogens is 1. The fourth-order valence-electron chi connectivity index (χ4n) is 1.68. The van der Waals surface area contributed by atoms with Crippen molar-refractivity contribution in [3.8, 4) is 5.88 Å². The van der Waals surface area contributed by atoms with E-state index < -0.39 is 0 Å². The van der Waals surface area contributed by atoms with Crippen LogP contribution < -0.4 is 4.74 Å². The molecular formula is C12H21ClN2O. The highest BCUT2D eigenvalue weighted by atomic mass is 35.5. The van der Waals surface area contributed by atoms with Gasteiger partial charge >= 0.3 is 0 Å². The van der Waals surface area contributed by atoms with E-state index in [0.29, 0.717) is 5.88 Å². The summed E-state index contributed by atoms with van der Waals surface area (Å²) in [5, 5.41) is 4.30. The number of ether oxygens (including phenoxy) is 1. The Hall–Kier alpha value is -0.700. The van der Waals surface area contributed by atoms with E-state index >= 15 is 0 Å². The number of alkyl halides is 1. The van der Waals surface area contributed by atoms with Crippen molar-refractivity contribution in [2.24, 2.45) is 13.0 Å². The molecule has 0 spiro atoms. The van der Waals surface area contributed by atoms with Crippen LogP contribution in [0.4, 0.5) is 0 Å². The zero-order valence-electron chi connectivity index (χ0n) is 10.6. The Bertz CT molecular complexity index is 334. The topological polar surface area (TPSA) is 27.1 Å². The SMILES string of the molecule is Cc1nn(C)c(OCCCC(C)C)c1CCl. The van der Waals surface area contributed by atoms with Crippen molar-refractivity contribution in [2.75, 3.05) is 6.61 Å². The summed E-state index contributed by atoms with van der Waals surface area (Å²) in [5.74, 6) is 2.00. The maximum absolute atomic E-state index is 5.88. The first-order valence-corrected chi connectivity index (χ1v) is 6.31. The first-order valence-electron chi connectivity index (χ1n) is 5.77. The number of nitrogens with zero attached hydrogens (tertiary/aromatic N) is 2. The van der Waals surface area contributed by atoms with Crippen LogP contribution in [0.15, 0.2) is 0 Å². The second-order valence-corrected chi connectivity index (χ2v) is 4.78. The minimum Gasteiger partial charge on any atom is -0.478 e. The van der Waals surface area contributed by atoms with Crippen LogP contribution in [0, 0.1) is 12.8 Å². The quantitative estimate of drug-likeness (QED) is 0.567. The third-order valence-corrected chi connectivity index (χ3v) is 2.85. The summed E-state index contributed by atoms with van der Waals surface area (Å²) in [6, 6.07) is 0. The number of aromatic nitrogens is 2. The zero-order valence-corrected chi connectivity index (χ0v) is 11.3. The van der Waals surface area contributed by atoms with Gasteiger partial charge in [0.05, 0.1) is 23.7 Å². The number of hydrogen-bond donors (Lipinski definition) is 0. The normalized spacial score (nSPS) is 11.1. The van der Waals surface area contributed by atoms with Crippen molar-refractivity contribution >= 4 is 11.6 Å². The monoisotopic (exact) mass is 244 g/mol. The lowest BCUT2D eigenvalue weighted by molar-refractivity contribution is 0.272. The zero-order chi connectivity index (χ0) is 12.1. The van der Waals surface area contributed by atoms with Crippen LogP contribution in [0.5, 0.6) is 5.88 Å². The molecule has 16 heavy (non-hydrogen) atoms. The largest absolute Gasteiger partial charge is 0.478 e. The van der Waals surface area contributed by atoms with Gasteiger partial charge in [0.1, 0.15) is 0 Å². The Morgan fingerprint density at radius 1 is 1.44 bits per heavy atom. The van der Waals surface area contributed by atoms with E-state index in [9.17, 15) is 0 Å². The highest BCUT2D eigenvalue weighted by Gasteiger charge is 2.13. The van der Waals surface area contributed by atoms with Crippen LogP contribution in [0.3, 0.4) is 0 Å². The van der Waals surface area contributed by atoms with E-state index in [0.717, 1.165) is 36.1 Å². The molecule has 0 saturated carbocycles. The summed E-state index contributed by atoms with van der Waals surface area (Å²) in [6.45, 7) is 7.14. The molecule has 1 heterocycles. The van der Waals surface area contributed by atoms with Crippen molar-refractivity contribution in [1.29, 1.82) is 0 Å². The van der Waals surface area contributed by atoms with Gasteiger partial charge in [0, 0.05) is 7.05 Å². The fraction of sp³-hybridized carbons (Fsp3) is 0.750. The molecule has 1 aromatic heterocycles. The van der Waals surface area contributed by atoms with Crippen molar-refractivity contribution in [2.45, 2.75) is 39.5 Å². The van der Waals surface area contributed by atoms with Gasteiger partial charge in [-0.25, -0.2) is 4.68 Å². The van der Waals surface area contributed by atoms with Crippen LogP contribution >= 0.6 is 11.6 Å². The molecule has 0 radical (unpaired) electrons. The molecule has 0 aliphatic carbocycles. The van der Waals surface area contributed by atoms with Crippen LogP contribution in [0.2, 0.25) is 0 Å². The van der Waals surface area contributed by atoms with Crippen molar-refractivity contribution in [3.63, 3.8) is 0 Å². The molecule has 0 saturated heterocycles. The lowest BCUT2D eigenvalue weighted by atomic mass is 10.1. The van der Waals surface area contributed by atoms with Crippen LogP contribution in [-0.2, 0) is 12.9 Å². The lowest BCUT2D eigenvalue weighted by Gasteiger charge is -2.09. The van der Waals surface area contributed by atoms with E-state index in [1.807, 2.05) is 14.0 Å². The number of rotatable bonds is 6. The highest BCUT2D eigenvalue weighted by Crippen LogP contribution is 2.23. The molecule has 0 bridgehead atoms. The van der Waals surface area contributed by atoms with Gasteiger partial charge in [-0.1, -0.05) is 13.8 Å². The van der Waals surface area contributed by atoms with Gasteiger partial charge in [-0.2, -0.15) is 5.10 Å². The molecule has 4 heteroatoms. The van der Waals surface area contributed by atoms with E-state index in [1.54, 1.807) is 4.68 Å². The second kappa shape index (κ2) is 6.14. The second-order valence-electron chi connectivity index (χ2n) is 4.51. The van der Waals surface area contributed by atoms with Crippen molar-refractivity contribution < 1.29 is 4.74 Å². The number of aryl methyl sites for hydroxylation is 2. The summed E-state index contributed by atoms with van der Waals surface area (Å²) in [7, 11) is 1.89. The molecule has 0 aromatic carbocycles. The van der Waals surface area contributed by atoms with Gasteiger partial charge in [-0.3, -0.25) is 0 Å². The van der Waals surface area contributed by atoms with E-state index in [1.165, 1.54) is 6.42 Å². The highest BCUT2D eigenvalue weighted by molar-refractivity contribution is 6.17. The molecule has 0 aliphatic rings. The van der Waals surface area contributed by atoms with Crippen LogP contribution in [-0.4, -0.2) is 16.4 Å². The average Bonchev–Trinajstić information content (AvgIpc) is 2.47.